The highest BCUT2D eigenvalue weighted by molar-refractivity contribution is 6.18. The summed E-state index contributed by atoms with van der Waals surface area (Å²) in [5.74, 6) is -1.28. The van der Waals surface area contributed by atoms with Crippen LogP contribution in [0.25, 0.3) is 21.5 Å². The van der Waals surface area contributed by atoms with E-state index < -0.39 is 22.3 Å². The second kappa shape index (κ2) is 9.13. The first kappa shape index (κ1) is 23.2. The monoisotopic (exact) mass is 475 g/mol. The highest BCUT2D eigenvalue weighted by Crippen LogP contribution is 2.43. The van der Waals surface area contributed by atoms with E-state index in [4.69, 9.17) is 10.4 Å². The third kappa shape index (κ3) is 4.34. The van der Waals surface area contributed by atoms with Crippen LogP contribution in [0.3, 0.4) is 0 Å². The summed E-state index contributed by atoms with van der Waals surface area (Å²) in [6, 6.07) is 12.6. The van der Waals surface area contributed by atoms with Gasteiger partial charge in [-0.1, -0.05) is 47.9 Å². The normalized spacial score (nSPS) is 11.2. The molecule has 178 valence electrons. The van der Waals surface area contributed by atoms with E-state index >= 15 is 0 Å². The summed E-state index contributed by atoms with van der Waals surface area (Å²) in [5.41, 5.74) is 2.05. The van der Waals surface area contributed by atoms with Crippen LogP contribution in [0.2, 0.25) is 0 Å². The number of nitrogens with one attached hydrogen (secondary N) is 2. The Hall–Kier alpha value is -4.94. The Labute approximate surface area is 197 Å². The fraction of sp³-hybridized carbons (Fsp3) is 0.0435. The lowest BCUT2D eigenvalue weighted by Crippen LogP contribution is -2.11. The highest BCUT2D eigenvalue weighted by atomic mass is 16.8. The van der Waals surface area contributed by atoms with Crippen molar-refractivity contribution in [2.45, 2.75) is 6.92 Å². The molecule has 12 nitrogen and oxygen atoms in total. The van der Waals surface area contributed by atoms with Gasteiger partial charge in [-0.3, -0.25) is 30.7 Å². The van der Waals surface area contributed by atoms with E-state index in [1.807, 2.05) is 0 Å². The molecule has 0 aliphatic rings. The molecule has 0 radical (unpaired) electrons. The van der Waals surface area contributed by atoms with Crippen LogP contribution in [0.1, 0.15) is 12.5 Å². The van der Waals surface area contributed by atoms with Crippen molar-refractivity contribution < 1.29 is 30.3 Å². The summed E-state index contributed by atoms with van der Waals surface area (Å²) < 4.78 is 0. The molecule has 4 aromatic carbocycles. The SMILES string of the molecule is CC(=O)Nc1c(C=NNc2ccc(N(O)O)cc2[N+](=O)[O-])ccc2c([O-])c3ccccc3c([O-])c12. The first-order valence-electron chi connectivity index (χ1n) is 10.1. The molecule has 12 heteroatoms. The van der Waals surface area contributed by atoms with Gasteiger partial charge >= 0.3 is 0 Å². The summed E-state index contributed by atoms with van der Waals surface area (Å²) in [6.45, 7) is 1.25. The molecule has 0 bridgehead atoms. The molecule has 0 heterocycles. The van der Waals surface area contributed by atoms with Gasteiger partial charge in [0.2, 0.25) is 5.91 Å². The molecule has 0 spiro atoms. The van der Waals surface area contributed by atoms with Crippen LogP contribution >= 0.6 is 0 Å². The molecular formula is C23H17N5O7-2. The van der Waals surface area contributed by atoms with Gasteiger partial charge in [-0.05, 0) is 33.7 Å². The van der Waals surface area contributed by atoms with Gasteiger partial charge in [0.1, 0.15) is 11.4 Å². The van der Waals surface area contributed by atoms with E-state index in [1.54, 1.807) is 18.2 Å². The Balaban J connectivity index is 1.81. The molecule has 35 heavy (non-hydrogen) atoms. The van der Waals surface area contributed by atoms with Gasteiger partial charge in [0, 0.05) is 18.6 Å². The van der Waals surface area contributed by atoms with Crippen LogP contribution in [0.5, 0.6) is 11.5 Å². The van der Waals surface area contributed by atoms with Gasteiger partial charge < -0.3 is 15.5 Å². The van der Waals surface area contributed by atoms with Gasteiger partial charge in [0.25, 0.3) is 5.69 Å². The van der Waals surface area contributed by atoms with Gasteiger partial charge in [0.15, 0.2) is 0 Å². The number of hydrazone groups is 1. The summed E-state index contributed by atoms with van der Waals surface area (Å²) in [7, 11) is 0. The number of nitro groups is 1. The van der Waals surface area contributed by atoms with Crippen LogP contribution < -0.4 is 26.2 Å². The molecular weight excluding hydrogens is 458 g/mol. The molecule has 4 aromatic rings. The topological polar surface area (TPSA) is 186 Å². The predicted octanol–water partition coefficient (Wildman–Crippen LogP) is 3.04. The van der Waals surface area contributed by atoms with Crippen molar-refractivity contribution in [3.05, 3.63) is 70.3 Å². The standard InChI is InChI=1S/C23H19N5O7/c1-12(29)25-21-13(11-24-26-18-9-7-14(27(32)33)10-19(18)28(34)35)6-8-17-20(21)23(31)16-5-3-2-4-15(16)22(17)30/h2-11,26,30-33H,1H3,(H,25,29)/p-2. The highest BCUT2D eigenvalue weighted by Gasteiger charge is 2.17. The fourth-order valence-corrected chi connectivity index (χ4v) is 3.68. The number of carbonyl (C=O) groups is 1. The van der Waals surface area contributed by atoms with Crippen LogP contribution in [0.4, 0.5) is 22.7 Å². The number of hydrogen-bond donors (Lipinski definition) is 4. The number of benzene rings is 4. The molecule has 0 atom stereocenters. The zero-order chi connectivity index (χ0) is 25.3. The third-order valence-corrected chi connectivity index (χ3v) is 5.22. The van der Waals surface area contributed by atoms with Gasteiger partial charge in [-0.25, -0.2) is 0 Å². The van der Waals surface area contributed by atoms with Crippen molar-refractivity contribution in [3.63, 3.8) is 0 Å². The van der Waals surface area contributed by atoms with Crippen molar-refractivity contribution in [3.8, 4) is 11.5 Å². The number of nitrogens with zero attached hydrogens (tertiary/aromatic N) is 3. The summed E-state index contributed by atoms with van der Waals surface area (Å²) in [4.78, 5) is 22.5. The molecule has 0 aliphatic carbocycles. The first-order valence-corrected chi connectivity index (χ1v) is 10.1. The maximum atomic E-state index is 13.2. The number of nitro benzene ring substituents is 1. The molecule has 4 N–H and O–H groups in total. The van der Waals surface area contributed by atoms with E-state index in [0.29, 0.717) is 0 Å². The van der Waals surface area contributed by atoms with Gasteiger partial charge in [-0.2, -0.15) is 5.10 Å². The molecule has 0 unspecified atom stereocenters. The molecule has 4 rings (SSSR count). The first-order chi connectivity index (χ1) is 16.7. The number of amides is 1. The number of hydrogen-bond acceptors (Lipinski definition) is 10. The number of fused-ring (bicyclic) bond motifs is 2. The Kier molecular flexibility index (Phi) is 6.06. The van der Waals surface area contributed by atoms with Crippen LogP contribution in [0.15, 0.2) is 59.7 Å². The molecule has 0 fully saturated rings. The van der Waals surface area contributed by atoms with Crippen molar-refractivity contribution >= 4 is 56.4 Å². The lowest BCUT2D eigenvalue weighted by atomic mass is 9.97. The van der Waals surface area contributed by atoms with Gasteiger partial charge in [0.05, 0.1) is 16.8 Å². The van der Waals surface area contributed by atoms with E-state index in [1.165, 1.54) is 43.5 Å². The number of carbonyl (C=O) groups excluding carboxylic acids is 1. The van der Waals surface area contributed by atoms with Crippen LogP contribution in [0, 0.1) is 10.1 Å². The zero-order valence-electron chi connectivity index (χ0n) is 18.1. The zero-order valence-corrected chi connectivity index (χ0v) is 18.1. The van der Waals surface area contributed by atoms with Crippen LogP contribution in [-0.2, 0) is 4.79 Å². The van der Waals surface area contributed by atoms with Crippen LogP contribution in [-0.4, -0.2) is 27.5 Å². The Bertz CT molecular complexity index is 1520. The average Bonchev–Trinajstić information content (AvgIpc) is 2.82. The van der Waals surface area contributed by atoms with Crippen molar-refractivity contribution in [2.24, 2.45) is 5.10 Å². The Morgan fingerprint density at radius 3 is 2.34 bits per heavy atom. The Morgan fingerprint density at radius 2 is 1.71 bits per heavy atom. The maximum Gasteiger partial charge on any atom is 0.296 e. The molecule has 0 aliphatic heterocycles. The number of rotatable bonds is 6. The van der Waals surface area contributed by atoms with E-state index in [0.717, 1.165) is 6.07 Å². The second-order valence-electron chi connectivity index (χ2n) is 7.46. The van der Waals surface area contributed by atoms with E-state index in [2.05, 4.69) is 15.8 Å². The largest absolute Gasteiger partial charge is 0.872 e. The van der Waals surface area contributed by atoms with Crippen molar-refractivity contribution in [2.75, 3.05) is 16.0 Å². The summed E-state index contributed by atoms with van der Waals surface area (Å²) >= 11 is 0. The average molecular weight is 475 g/mol. The minimum absolute atomic E-state index is 0.0224. The molecule has 0 aromatic heterocycles. The minimum atomic E-state index is -0.742. The van der Waals surface area contributed by atoms with Crippen molar-refractivity contribution in [1.82, 2.24) is 0 Å². The molecule has 0 saturated carbocycles. The smallest absolute Gasteiger partial charge is 0.296 e. The lowest BCUT2D eigenvalue weighted by molar-refractivity contribution is -0.383. The quantitative estimate of drug-likeness (QED) is 0.141. The maximum absolute atomic E-state index is 13.2. The predicted molar refractivity (Wildman–Crippen MR) is 125 cm³/mol. The third-order valence-electron chi connectivity index (χ3n) is 5.22. The summed E-state index contributed by atoms with van der Waals surface area (Å²) in [5, 5.41) is 62.6. The van der Waals surface area contributed by atoms with Crippen molar-refractivity contribution in [1.29, 1.82) is 0 Å². The van der Waals surface area contributed by atoms with E-state index in [9.17, 15) is 25.1 Å². The molecule has 1 amide bonds. The lowest BCUT2D eigenvalue weighted by Gasteiger charge is -2.25. The minimum Gasteiger partial charge on any atom is -0.872 e. The van der Waals surface area contributed by atoms with Gasteiger partial charge in [-0.15, -0.1) is 5.23 Å². The number of anilines is 3. The van der Waals surface area contributed by atoms with E-state index in [-0.39, 0.29) is 55.1 Å². The summed E-state index contributed by atoms with van der Waals surface area (Å²) in [6.07, 6.45) is 1.23. The molecule has 0 saturated heterocycles. The Morgan fingerprint density at radius 1 is 1.03 bits per heavy atom. The fourth-order valence-electron chi connectivity index (χ4n) is 3.68. The second-order valence-corrected chi connectivity index (χ2v) is 7.46.